The van der Waals surface area contributed by atoms with Crippen LogP contribution in [-0.2, 0) is 4.74 Å². The summed E-state index contributed by atoms with van der Waals surface area (Å²) in [5.41, 5.74) is 1.49. The summed E-state index contributed by atoms with van der Waals surface area (Å²) in [6.45, 7) is 2.98. The van der Waals surface area contributed by atoms with Crippen LogP contribution < -0.4 is 5.32 Å². The lowest BCUT2D eigenvalue weighted by Crippen LogP contribution is -2.34. The molecule has 1 aliphatic rings. The fraction of sp³-hybridized carbons (Fsp3) is 0.533. The van der Waals surface area contributed by atoms with Gasteiger partial charge in [0.15, 0.2) is 0 Å². The number of benzene rings is 1. The standard InChI is InChI=1S/C15H19ClN2O/c1-2-3-13-9-12(6-7-19-13)18-15-5-4-11(10-17)8-14(15)16/h4-5,8,12-13,18H,2-3,6-7,9H2,1H3. The van der Waals surface area contributed by atoms with Crippen LogP contribution in [0.1, 0.15) is 38.2 Å². The monoisotopic (exact) mass is 278 g/mol. The maximum absolute atomic E-state index is 8.82. The summed E-state index contributed by atoms with van der Waals surface area (Å²) < 4.78 is 5.74. The van der Waals surface area contributed by atoms with E-state index in [9.17, 15) is 0 Å². The average Bonchev–Trinajstić information content (AvgIpc) is 2.42. The van der Waals surface area contributed by atoms with E-state index in [0.717, 1.165) is 38.0 Å². The molecule has 0 spiro atoms. The molecule has 0 aliphatic carbocycles. The van der Waals surface area contributed by atoms with Gasteiger partial charge in [0.1, 0.15) is 0 Å². The van der Waals surface area contributed by atoms with Gasteiger partial charge in [0.25, 0.3) is 0 Å². The van der Waals surface area contributed by atoms with Crippen molar-refractivity contribution in [3.8, 4) is 6.07 Å². The van der Waals surface area contributed by atoms with E-state index in [1.807, 2.05) is 6.07 Å². The van der Waals surface area contributed by atoms with E-state index < -0.39 is 0 Å². The number of nitrogens with zero attached hydrogens (tertiary/aromatic N) is 1. The molecule has 0 saturated carbocycles. The van der Waals surface area contributed by atoms with Crippen molar-refractivity contribution >= 4 is 17.3 Å². The number of anilines is 1. The first kappa shape index (κ1) is 14.2. The van der Waals surface area contributed by atoms with Crippen molar-refractivity contribution in [2.45, 2.75) is 44.8 Å². The third kappa shape index (κ3) is 3.86. The Balaban J connectivity index is 1.99. The molecule has 2 atom stereocenters. The quantitative estimate of drug-likeness (QED) is 0.906. The SMILES string of the molecule is CCCC1CC(Nc2ccc(C#N)cc2Cl)CCO1. The molecule has 3 nitrogen and oxygen atoms in total. The zero-order chi connectivity index (χ0) is 13.7. The maximum Gasteiger partial charge on any atom is 0.0992 e. The summed E-state index contributed by atoms with van der Waals surface area (Å²) in [6.07, 6.45) is 4.63. The van der Waals surface area contributed by atoms with Gasteiger partial charge in [-0.1, -0.05) is 24.9 Å². The molecule has 1 saturated heterocycles. The van der Waals surface area contributed by atoms with E-state index in [1.54, 1.807) is 12.1 Å². The fourth-order valence-corrected chi connectivity index (χ4v) is 2.69. The van der Waals surface area contributed by atoms with Crippen LogP contribution in [-0.4, -0.2) is 18.8 Å². The van der Waals surface area contributed by atoms with Gasteiger partial charge in [-0.25, -0.2) is 0 Å². The number of rotatable bonds is 4. The Morgan fingerprint density at radius 1 is 1.53 bits per heavy atom. The molecule has 1 aromatic rings. The highest BCUT2D eigenvalue weighted by atomic mass is 35.5. The van der Waals surface area contributed by atoms with Crippen molar-refractivity contribution in [2.75, 3.05) is 11.9 Å². The molecule has 1 aliphatic heterocycles. The van der Waals surface area contributed by atoms with Crippen molar-refractivity contribution in [1.29, 1.82) is 5.26 Å². The smallest absolute Gasteiger partial charge is 0.0992 e. The first-order valence-corrected chi connectivity index (χ1v) is 7.18. The van der Waals surface area contributed by atoms with Gasteiger partial charge in [0.2, 0.25) is 0 Å². The Morgan fingerprint density at radius 3 is 3.05 bits per heavy atom. The lowest BCUT2D eigenvalue weighted by Gasteiger charge is -2.31. The number of hydrogen-bond acceptors (Lipinski definition) is 3. The van der Waals surface area contributed by atoms with Crippen LogP contribution >= 0.6 is 11.6 Å². The van der Waals surface area contributed by atoms with E-state index in [2.05, 4.69) is 18.3 Å². The molecular weight excluding hydrogens is 260 g/mol. The Hall–Kier alpha value is -1.24. The maximum atomic E-state index is 8.82. The van der Waals surface area contributed by atoms with Gasteiger partial charge in [0, 0.05) is 12.6 Å². The molecule has 102 valence electrons. The van der Waals surface area contributed by atoms with Crippen LogP contribution in [0.4, 0.5) is 5.69 Å². The fourth-order valence-electron chi connectivity index (χ4n) is 2.46. The minimum absolute atomic E-state index is 0.355. The molecule has 1 N–H and O–H groups in total. The number of halogens is 1. The highest BCUT2D eigenvalue weighted by molar-refractivity contribution is 6.33. The molecule has 2 unspecified atom stereocenters. The van der Waals surface area contributed by atoms with Gasteiger partial charge >= 0.3 is 0 Å². The highest BCUT2D eigenvalue weighted by Gasteiger charge is 2.22. The van der Waals surface area contributed by atoms with Gasteiger partial charge in [-0.3, -0.25) is 0 Å². The average molecular weight is 279 g/mol. The minimum Gasteiger partial charge on any atom is -0.381 e. The molecule has 1 fully saturated rings. The summed E-state index contributed by atoms with van der Waals surface area (Å²) in [7, 11) is 0. The number of ether oxygens (including phenoxy) is 1. The summed E-state index contributed by atoms with van der Waals surface area (Å²) in [4.78, 5) is 0. The van der Waals surface area contributed by atoms with Crippen LogP contribution in [0.5, 0.6) is 0 Å². The van der Waals surface area contributed by atoms with Crippen molar-refractivity contribution in [3.63, 3.8) is 0 Å². The Labute approximate surface area is 119 Å². The van der Waals surface area contributed by atoms with Gasteiger partial charge in [0.05, 0.1) is 28.4 Å². The summed E-state index contributed by atoms with van der Waals surface area (Å²) in [5.74, 6) is 0. The van der Waals surface area contributed by atoms with Gasteiger partial charge in [-0.05, 0) is 37.5 Å². The van der Waals surface area contributed by atoms with Gasteiger partial charge in [-0.15, -0.1) is 0 Å². The Kier molecular flexibility index (Phi) is 5.07. The largest absolute Gasteiger partial charge is 0.381 e. The first-order chi connectivity index (χ1) is 9.22. The molecule has 1 heterocycles. The third-order valence-corrected chi connectivity index (χ3v) is 3.75. The molecule has 2 rings (SSSR count). The zero-order valence-corrected chi connectivity index (χ0v) is 11.9. The van der Waals surface area contributed by atoms with Crippen LogP contribution in [0.25, 0.3) is 0 Å². The lowest BCUT2D eigenvalue weighted by atomic mass is 10.00. The van der Waals surface area contributed by atoms with Gasteiger partial charge in [-0.2, -0.15) is 5.26 Å². The van der Waals surface area contributed by atoms with Crippen LogP contribution in [0.3, 0.4) is 0 Å². The highest BCUT2D eigenvalue weighted by Crippen LogP contribution is 2.27. The second kappa shape index (κ2) is 6.79. The van der Waals surface area contributed by atoms with Crippen LogP contribution in [0.15, 0.2) is 18.2 Å². The van der Waals surface area contributed by atoms with E-state index in [1.165, 1.54) is 0 Å². The van der Waals surface area contributed by atoms with E-state index in [-0.39, 0.29) is 0 Å². The molecule has 0 radical (unpaired) electrons. The number of hydrogen-bond donors (Lipinski definition) is 1. The first-order valence-electron chi connectivity index (χ1n) is 6.80. The summed E-state index contributed by atoms with van der Waals surface area (Å²) >= 11 is 6.18. The second-order valence-corrected chi connectivity index (χ2v) is 5.36. The number of nitrogens with one attached hydrogen (secondary N) is 1. The Morgan fingerprint density at radius 2 is 2.37 bits per heavy atom. The molecule has 0 bridgehead atoms. The van der Waals surface area contributed by atoms with Crippen molar-refractivity contribution in [2.24, 2.45) is 0 Å². The van der Waals surface area contributed by atoms with Crippen molar-refractivity contribution < 1.29 is 4.74 Å². The predicted molar refractivity (Wildman–Crippen MR) is 77.5 cm³/mol. The molecule has 1 aromatic carbocycles. The molecule has 19 heavy (non-hydrogen) atoms. The lowest BCUT2D eigenvalue weighted by molar-refractivity contribution is 0.00598. The van der Waals surface area contributed by atoms with Crippen molar-refractivity contribution in [1.82, 2.24) is 0 Å². The van der Waals surface area contributed by atoms with E-state index in [0.29, 0.717) is 22.7 Å². The number of nitriles is 1. The zero-order valence-electron chi connectivity index (χ0n) is 11.2. The molecule has 4 heteroatoms. The summed E-state index contributed by atoms with van der Waals surface area (Å²) in [6, 6.07) is 7.86. The summed E-state index contributed by atoms with van der Waals surface area (Å²) in [5, 5.41) is 12.9. The third-order valence-electron chi connectivity index (χ3n) is 3.44. The topological polar surface area (TPSA) is 45.0 Å². The van der Waals surface area contributed by atoms with Gasteiger partial charge < -0.3 is 10.1 Å². The predicted octanol–water partition coefficient (Wildman–Crippen LogP) is 3.97. The molecule has 0 amide bonds. The van der Waals surface area contributed by atoms with Crippen LogP contribution in [0, 0.1) is 11.3 Å². The molecule has 0 aromatic heterocycles. The molecular formula is C15H19ClN2O. The van der Waals surface area contributed by atoms with Crippen molar-refractivity contribution in [3.05, 3.63) is 28.8 Å². The second-order valence-electron chi connectivity index (χ2n) is 4.95. The Bertz CT molecular complexity index is 468. The minimum atomic E-state index is 0.355. The van der Waals surface area contributed by atoms with Crippen LogP contribution in [0.2, 0.25) is 5.02 Å². The van der Waals surface area contributed by atoms with E-state index in [4.69, 9.17) is 21.6 Å². The normalized spacial score (nSPS) is 22.8. The van der Waals surface area contributed by atoms with E-state index >= 15 is 0 Å².